The number of β-lactam (4-membered cyclic amide) rings is 1. The van der Waals surface area contributed by atoms with Crippen LogP contribution >= 0.6 is 11.8 Å². The minimum Gasteiger partial charge on any atom is -0.449 e. The molecule has 3 rings (SSSR count). The second kappa shape index (κ2) is 7.03. The Morgan fingerprint density at radius 2 is 2.23 bits per heavy atom. The van der Waals surface area contributed by atoms with Gasteiger partial charge < -0.3 is 26.0 Å². The maximum Gasteiger partial charge on any atom is 0.512 e. The number of rotatable bonds is 6. The van der Waals surface area contributed by atoms with Crippen LogP contribution in [0.3, 0.4) is 0 Å². The summed E-state index contributed by atoms with van der Waals surface area (Å²) >= 11 is 1.57. The van der Waals surface area contributed by atoms with Crippen molar-refractivity contribution in [2.45, 2.75) is 69.0 Å². The maximum atomic E-state index is 12.3. The van der Waals surface area contributed by atoms with Crippen LogP contribution in [0.15, 0.2) is 10.8 Å². The summed E-state index contributed by atoms with van der Waals surface area (Å²) < 4.78 is 4.93. The fourth-order valence-electron chi connectivity index (χ4n) is 4.13. The van der Waals surface area contributed by atoms with Gasteiger partial charge in [0, 0.05) is 34.7 Å². The molecule has 0 aliphatic carbocycles. The molecular formula is C17H27N3O5S. The molecule has 3 aliphatic heterocycles. The van der Waals surface area contributed by atoms with Gasteiger partial charge in [-0.05, 0) is 33.6 Å². The van der Waals surface area contributed by atoms with Gasteiger partial charge in [-0.25, -0.2) is 4.79 Å². The topological polar surface area (TPSA) is 125 Å². The molecule has 5 N–H and O–H groups in total. The highest BCUT2D eigenvalue weighted by atomic mass is 32.2. The maximum absolute atomic E-state index is 12.3. The summed E-state index contributed by atoms with van der Waals surface area (Å²) in [4.78, 5) is 25.5. The molecule has 0 radical (unpaired) electrons. The van der Waals surface area contributed by atoms with Crippen LogP contribution in [0.25, 0.3) is 0 Å². The first-order valence-corrected chi connectivity index (χ1v) is 9.79. The summed E-state index contributed by atoms with van der Waals surface area (Å²) in [5.74, 6) is -0.644. The third-order valence-electron chi connectivity index (χ3n) is 5.09. The Hall–Kier alpha value is -1.29. The van der Waals surface area contributed by atoms with Crippen LogP contribution in [-0.2, 0) is 9.53 Å². The van der Waals surface area contributed by atoms with Crippen molar-refractivity contribution in [3.63, 3.8) is 0 Å². The summed E-state index contributed by atoms with van der Waals surface area (Å²) in [5.41, 5.74) is 5.85. The van der Waals surface area contributed by atoms with Gasteiger partial charge in [-0.15, -0.1) is 11.8 Å². The molecule has 0 bridgehead atoms. The van der Waals surface area contributed by atoms with Crippen molar-refractivity contribution in [1.29, 1.82) is 0 Å². The fraction of sp³-hybridized carbons (Fsp3) is 0.765. The van der Waals surface area contributed by atoms with E-state index in [4.69, 9.17) is 15.6 Å². The van der Waals surface area contributed by atoms with E-state index in [1.165, 1.54) is 4.90 Å². The Morgan fingerprint density at radius 1 is 1.54 bits per heavy atom. The van der Waals surface area contributed by atoms with Gasteiger partial charge in [0.1, 0.15) is 0 Å². The Kier molecular flexibility index (Phi) is 5.26. The lowest BCUT2D eigenvalue weighted by atomic mass is 9.84. The van der Waals surface area contributed by atoms with Gasteiger partial charge in [0.25, 0.3) is 0 Å². The number of fused-ring (bicyclic) bond motifs is 1. The SMILES string of the molecule is C[C@@H](O)[C@H]1C(=O)N2C(OC(=O)O)=C(S[C@@H]3CN[C@H](CC(C)(C)N)C3)C[C@H]12. The molecule has 1 amide bonds. The smallest absolute Gasteiger partial charge is 0.449 e. The van der Waals surface area contributed by atoms with Gasteiger partial charge in [-0.3, -0.25) is 9.69 Å². The summed E-state index contributed by atoms with van der Waals surface area (Å²) in [5, 5.41) is 22.6. The lowest BCUT2D eigenvalue weighted by Gasteiger charge is -2.44. The number of hydrogen-bond donors (Lipinski definition) is 4. The number of nitrogens with zero attached hydrogens (tertiary/aromatic N) is 1. The summed E-state index contributed by atoms with van der Waals surface area (Å²) in [6, 6.07) is 0.106. The highest BCUT2D eigenvalue weighted by Crippen LogP contribution is 2.49. The van der Waals surface area contributed by atoms with Crippen LogP contribution in [0.1, 0.15) is 40.0 Å². The molecule has 0 aromatic heterocycles. The molecule has 0 spiro atoms. The van der Waals surface area contributed by atoms with Crippen molar-refractivity contribution in [2.75, 3.05) is 6.54 Å². The number of ether oxygens (including phenoxy) is 1. The number of thioether (sulfide) groups is 1. The van der Waals surface area contributed by atoms with Crippen molar-refractivity contribution in [2.24, 2.45) is 11.7 Å². The first-order chi connectivity index (χ1) is 12.1. The van der Waals surface area contributed by atoms with Crippen molar-refractivity contribution >= 4 is 23.8 Å². The number of carbonyl (C=O) groups excluding carboxylic acids is 1. The van der Waals surface area contributed by atoms with E-state index >= 15 is 0 Å². The van der Waals surface area contributed by atoms with Crippen LogP contribution < -0.4 is 11.1 Å². The molecule has 26 heavy (non-hydrogen) atoms. The molecule has 0 aromatic rings. The van der Waals surface area contributed by atoms with E-state index < -0.39 is 18.2 Å². The number of carboxylic acid groups (broad SMARTS) is 1. The number of amides is 1. The van der Waals surface area contributed by atoms with E-state index in [1.807, 2.05) is 13.8 Å². The molecule has 3 heterocycles. The molecule has 0 unspecified atom stereocenters. The Bertz CT molecular complexity index is 630. The van der Waals surface area contributed by atoms with Crippen LogP contribution in [0, 0.1) is 5.92 Å². The predicted molar refractivity (Wildman–Crippen MR) is 97.2 cm³/mol. The van der Waals surface area contributed by atoms with Gasteiger partial charge in [0.2, 0.25) is 11.8 Å². The number of aliphatic hydroxyl groups excluding tert-OH is 1. The van der Waals surface area contributed by atoms with Gasteiger partial charge in [-0.2, -0.15) is 0 Å². The number of nitrogens with two attached hydrogens (primary N) is 1. The van der Waals surface area contributed by atoms with Gasteiger partial charge >= 0.3 is 6.16 Å². The van der Waals surface area contributed by atoms with Crippen LogP contribution in [-0.4, -0.2) is 62.7 Å². The van der Waals surface area contributed by atoms with Gasteiger partial charge in [-0.1, -0.05) is 0 Å². The zero-order valence-electron chi connectivity index (χ0n) is 15.3. The molecule has 3 aliphatic rings. The summed E-state index contributed by atoms with van der Waals surface area (Å²) in [6.07, 6.45) is 0.118. The van der Waals surface area contributed by atoms with Crippen molar-refractivity contribution in [3.05, 3.63) is 10.8 Å². The first-order valence-electron chi connectivity index (χ1n) is 8.91. The largest absolute Gasteiger partial charge is 0.512 e. The van der Waals surface area contributed by atoms with E-state index in [1.54, 1.807) is 18.7 Å². The average Bonchev–Trinajstić information content (AvgIpc) is 3.00. The fourth-order valence-corrected chi connectivity index (χ4v) is 5.54. The predicted octanol–water partition coefficient (Wildman–Crippen LogP) is 1.05. The molecular weight excluding hydrogens is 358 g/mol. The van der Waals surface area contributed by atoms with Crippen molar-refractivity contribution < 1.29 is 24.5 Å². The lowest BCUT2D eigenvalue weighted by molar-refractivity contribution is -0.160. The second-order valence-corrected chi connectivity index (χ2v) is 9.51. The molecule has 146 valence electrons. The number of nitrogens with one attached hydrogen (secondary N) is 1. The molecule has 8 nitrogen and oxygen atoms in total. The summed E-state index contributed by atoms with van der Waals surface area (Å²) in [7, 11) is 0. The zero-order chi connectivity index (χ0) is 19.2. The monoisotopic (exact) mass is 385 g/mol. The first kappa shape index (κ1) is 19.5. The number of hydrogen-bond acceptors (Lipinski definition) is 7. The third-order valence-corrected chi connectivity index (χ3v) is 6.41. The molecule has 5 atom stereocenters. The molecule has 2 fully saturated rings. The highest BCUT2D eigenvalue weighted by molar-refractivity contribution is 8.03. The quantitative estimate of drug-likeness (QED) is 0.395. The van der Waals surface area contributed by atoms with Crippen LogP contribution in [0.4, 0.5) is 4.79 Å². The number of carbonyl (C=O) groups is 2. The minimum absolute atomic E-state index is 0.122. The highest BCUT2D eigenvalue weighted by Gasteiger charge is 2.57. The van der Waals surface area contributed by atoms with E-state index in [0.29, 0.717) is 12.5 Å². The summed E-state index contributed by atoms with van der Waals surface area (Å²) in [6.45, 7) is 6.39. The standard InChI is InChI=1S/C17H27N3O5S/c1-8(21)13-11-5-12(15(25-16(23)24)20(11)14(13)22)26-10-4-9(19-7-10)6-17(2,3)18/h8-11,13,19,21H,4-7,18H2,1-3H3,(H,23,24)/t8-,9+,10+,11-,13-/m1/s1. The van der Waals surface area contributed by atoms with Crippen LogP contribution in [0.5, 0.6) is 0 Å². The molecule has 2 saturated heterocycles. The Labute approximate surface area is 157 Å². The van der Waals surface area contributed by atoms with Crippen molar-refractivity contribution in [1.82, 2.24) is 10.2 Å². The third kappa shape index (κ3) is 3.85. The molecule has 9 heteroatoms. The van der Waals surface area contributed by atoms with E-state index in [0.717, 1.165) is 24.3 Å². The molecule has 0 saturated carbocycles. The van der Waals surface area contributed by atoms with E-state index in [-0.39, 0.29) is 28.6 Å². The van der Waals surface area contributed by atoms with Gasteiger partial charge in [0.15, 0.2) is 0 Å². The average molecular weight is 385 g/mol. The van der Waals surface area contributed by atoms with Crippen LogP contribution in [0.2, 0.25) is 0 Å². The minimum atomic E-state index is -1.43. The van der Waals surface area contributed by atoms with E-state index in [2.05, 4.69) is 5.32 Å². The Morgan fingerprint density at radius 3 is 2.81 bits per heavy atom. The van der Waals surface area contributed by atoms with Crippen molar-refractivity contribution in [3.8, 4) is 0 Å². The van der Waals surface area contributed by atoms with E-state index in [9.17, 15) is 14.7 Å². The zero-order valence-corrected chi connectivity index (χ0v) is 16.1. The normalized spacial score (nSPS) is 32.5. The second-order valence-electron chi connectivity index (χ2n) is 8.12. The molecule has 0 aromatic carbocycles. The number of aliphatic hydroxyl groups is 1. The lowest BCUT2D eigenvalue weighted by Crippen LogP contribution is -2.61. The Balaban J connectivity index is 1.69. The van der Waals surface area contributed by atoms with Gasteiger partial charge in [0.05, 0.1) is 18.1 Å².